The molecule has 1 aromatic heterocycles. The van der Waals surface area contributed by atoms with E-state index in [1.54, 1.807) is 6.07 Å². The molecule has 1 saturated heterocycles. The molecule has 5 nitrogen and oxygen atoms in total. The van der Waals surface area contributed by atoms with Crippen molar-refractivity contribution < 1.29 is 14.0 Å². The maximum Gasteiger partial charge on any atom is 0.264 e. The van der Waals surface area contributed by atoms with Crippen molar-refractivity contribution in [3.05, 3.63) is 34.5 Å². The second kappa shape index (κ2) is 7.20. The van der Waals surface area contributed by atoms with Crippen LogP contribution in [0.1, 0.15) is 35.0 Å². The number of nitrogens with one attached hydrogen (secondary N) is 1. The van der Waals surface area contributed by atoms with E-state index in [2.05, 4.69) is 10.2 Å². The molecule has 1 aliphatic heterocycles. The molecule has 27 heavy (non-hydrogen) atoms. The first-order valence-corrected chi connectivity index (χ1v) is 10.3. The Kier molecular flexibility index (Phi) is 4.90. The highest BCUT2D eigenvalue weighted by Gasteiger charge is 2.32. The number of amides is 2. The first-order chi connectivity index (χ1) is 13.0. The van der Waals surface area contributed by atoms with E-state index >= 15 is 0 Å². The summed E-state index contributed by atoms with van der Waals surface area (Å²) in [5.74, 6) is -0.239. The zero-order valence-electron chi connectivity index (χ0n) is 15.6. The molecule has 2 aliphatic rings. The van der Waals surface area contributed by atoms with Crippen molar-refractivity contribution in [2.45, 2.75) is 38.8 Å². The van der Waals surface area contributed by atoms with Gasteiger partial charge in [-0.1, -0.05) is 6.07 Å². The molecular formula is C20H24FN3O2S. The predicted octanol–water partition coefficient (Wildman–Crippen LogP) is 2.77. The molecule has 1 N–H and O–H groups in total. The Bertz CT molecular complexity index is 885. The minimum Gasteiger partial charge on any atom is -0.352 e. The average Bonchev–Trinajstić information content (AvgIpc) is 3.42. The second-order valence-electron chi connectivity index (χ2n) is 7.46. The largest absolute Gasteiger partial charge is 0.352 e. The Morgan fingerprint density at radius 3 is 2.56 bits per heavy atom. The van der Waals surface area contributed by atoms with Gasteiger partial charge in [0.05, 0.1) is 10.9 Å². The first-order valence-electron chi connectivity index (χ1n) is 9.47. The summed E-state index contributed by atoms with van der Waals surface area (Å²) in [5.41, 5.74) is 0.720. The maximum absolute atomic E-state index is 14.1. The summed E-state index contributed by atoms with van der Waals surface area (Å²) in [6, 6.07) is 5.14. The topological polar surface area (TPSA) is 52.7 Å². The summed E-state index contributed by atoms with van der Waals surface area (Å²) >= 11 is 1.36. The zero-order chi connectivity index (χ0) is 19.1. The first kappa shape index (κ1) is 18.4. The molecule has 0 radical (unpaired) electrons. The van der Waals surface area contributed by atoms with Gasteiger partial charge in [-0.2, -0.15) is 0 Å². The Hall–Kier alpha value is -1.99. The number of aryl methyl sites for hydroxylation is 1. The molecule has 2 heterocycles. The molecule has 2 fully saturated rings. The van der Waals surface area contributed by atoms with Crippen LogP contribution in [0.15, 0.2) is 18.2 Å². The van der Waals surface area contributed by atoms with Gasteiger partial charge >= 0.3 is 0 Å². The molecule has 4 rings (SSSR count). The summed E-state index contributed by atoms with van der Waals surface area (Å²) in [6.07, 6.45) is 2.16. The number of piperazine rings is 1. The third-order valence-electron chi connectivity index (χ3n) is 5.55. The number of carbonyl (C=O) groups is 2. The van der Waals surface area contributed by atoms with Crippen LogP contribution in [0.4, 0.5) is 4.39 Å². The maximum atomic E-state index is 14.1. The molecule has 2 aromatic rings. The Balaban J connectivity index is 1.42. The molecule has 0 bridgehead atoms. The lowest BCUT2D eigenvalue weighted by Gasteiger charge is -2.37. The highest BCUT2D eigenvalue weighted by atomic mass is 32.1. The number of hydrogen-bond acceptors (Lipinski definition) is 4. The van der Waals surface area contributed by atoms with E-state index in [-0.39, 0.29) is 23.7 Å². The molecule has 144 valence electrons. The SMILES string of the molecule is Cc1c(C(=O)N2CCN(C(C)C(=O)NC3CC3)CC2)sc2cccc(F)c12. The number of thiophene rings is 1. The number of benzene rings is 1. The third-order valence-corrected chi connectivity index (χ3v) is 6.79. The van der Waals surface area contributed by atoms with Crippen molar-refractivity contribution in [3.63, 3.8) is 0 Å². The van der Waals surface area contributed by atoms with Crippen LogP contribution in [-0.4, -0.2) is 59.9 Å². The highest BCUT2D eigenvalue weighted by Crippen LogP contribution is 2.33. The minimum atomic E-state index is -0.277. The standard InChI is InChI=1S/C20H24FN3O2S/c1-12-17-15(21)4-3-5-16(17)27-18(12)20(26)24-10-8-23(9-11-24)13(2)19(25)22-14-6-7-14/h3-5,13-14H,6-11H2,1-2H3,(H,22,25). The van der Waals surface area contributed by atoms with Crippen molar-refractivity contribution >= 4 is 33.2 Å². The summed E-state index contributed by atoms with van der Waals surface area (Å²) < 4.78 is 14.9. The fourth-order valence-corrected chi connectivity index (χ4v) is 4.82. The van der Waals surface area contributed by atoms with Crippen molar-refractivity contribution in [3.8, 4) is 0 Å². The lowest BCUT2D eigenvalue weighted by atomic mass is 10.1. The third kappa shape index (κ3) is 3.58. The van der Waals surface area contributed by atoms with Gasteiger partial charge in [-0.3, -0.25) is 14.5 Å². The lowest BCUT2D eigenvalue weighted by Crippen LogP contribution is -2.55. The zero-order valence-corrected chi connectivity index (χ0v) is 16.4. The van der Waals surface area contributed by atoms with Crippen LogP contribution >= 0.6 is 11.3 Å². The lowest BCUT2D eigenvalue weighted by molar-refractivity contribution is -0.126. The fraction of sp³-hybridized carbons (Fsp3) is 0.500. The Labute approximate surface area is 162 Å². The molecule has 0 spiro atoms. The van der Waals surface area contributed by atoms with Gasteiger partial charge in [-0.15, -0.1) is 11.3 Å². The van der Waals surface area contributed by atoms with Crippen LogP contribution in [0.3, 0.4) is 0 Å². The molecule has 7 heteroatoms. The van der Waals surface area contributed by atoms with Crippen molar-refractivity contribution in [2.75, 3.05) is 26.2 Å². The molecular weight excluding hydrogens is 365 g/mol. The van der Waals surface area contributed by atoms with Gasteiger partial charge in [0.15, 0.2) is 0 Å². The van der Waals surface area contributed by atoms with E-state index in [4.69, 9.17) is 0 Å². The Morgan fingerprint density at radius 1 is 1.22 bits per heavy atom. The quantitative estimate of drug-likeness (QED) is 0.875. The van der Waals surface area contributed by atoms with Gasteiger partial charge in [-0.25, -0.2) is 4.39 Å². The number of carbonyl (C=O) groups excluding carboxylic acids is 2. The van der Waals surface area contributed by atoms with Gasteiger partial charge in [0.1, 0.15) is 5.82 Å². The summed E-state index contributed by atoms with van der Waals surface area (Å²) in [7, 11) is 0. The molecule has 2 amide bonds. The summed E-state index contributed by atoms with van der Waals surface area (Å²) in [4.78, 5) is 29.8. The van der Waals surface area contributed by atoms with Crippen LogP contribution in [0.5, 0.6) is 0 Å². The Morgan fingerprint density at radius 2 is 1.93 bits per heavy atom. The van der Waals surface area contributed by atoms with Gasteiger partial charge < -0.3 is 10.2 Å². The van der Waals surface area contributed by atoms with E-state index in [9.17, 15) is 14.0 Å². The highest BCUT2D eigenvalue weighted by molar-refractivity contribution is 7.21. The van der Waals surface area contributed by atoms with Crippen LogP contribution in [0.2, 0.25) is 0 Å². The van der Waals surface area contributed by atoms with E-state index in [0.29, 0.717) is 42.5 Å². The monoisotopic (exact) mass is 389 g/mol. The van der Waals surface area contributed by atoms with E-state index in [1.165, 1.54) is 17.4 Å². The number of rotatable bonds is 4. The number of hydrogen-bond donors (Lipinski definition) is 1. The van der Waals surface area contributed by atoms with E-state index in [0.717, 1.165) is 23.1 Å². The average molecular weight is 389 g/mol. The van der Waals surface area contributed by atoms with Crippen molar-refractivity contribution in [1.82, 2.24) is 15.1 Å². The van der Waals surface area contributed by atoms with Crippen LogP contribution in [0.25, 0.3) is 10.1 Å². The van der Waals surface area contributed by atoms with Gasteiger partial charge in [0.2, 0.25) is 5.91 Å². The number of fused-ring (bicyclic) bond motifs is 1. The summed E-state index contributed by atoms with van der Waals surface area (Å²) in [6.45, 7) is 6.24. The molecule has 1 aromatic carbocycles. The van der Waals surface area contributed by atoms with E-state index < -0.39 is 0 Å². The second-order valence-corrected chi connectivity index (χ2v) is 8.51. The fourth-order valence-electron chi connectivity index (χ4n) is 3.63. The van der Waals surface area contributed by atoms with Crippen molar-refractivity contribution in [2.24, 2.45) is 0 Å². The van der Waals surface area contributed by atoms with Gasteiger partial charge in [0, 0.05) is 42.3 Å². The minimum absolute atomic E-state index is 0.0390. The molecule has 1 atom stereocenters. The normalized spacial score (nSPS) is 19.3. The molecule has 1 saturated carbocycles. The predicted molar refractivity (Wildman–Crippen MR) is 105 cm³/mol. The van der Waals surface area contributed by atoms with Crippen molar-refractivity contribution in [1.29, 1.82) is 0 Å². The molecule has 1 aliphatic carbocycles. The van der Waals surface area contributed by atoms with Crippen LogP contribution < -0.4 is 5.32 Å². The summed E-state index contributed by atoms with van der Waals surface area (Å²) in [5, 5.41) is 3.59. The van der Waals surface area contributed by atoms with Gasteiger partial charge in [0.25, 0.3) is 5.91 Å². The molecule has 1 unspecified atom stereocenters. The van der Waals surface area contributed by atoms with E-state index in [1.807, 2.05) is 24.8 Å². The number of nitrogens with zero attached hydrogens (tertiary/aromatic N) is 2. The number of halogens is 1. The van der Waals surface area contributed by atoms with Crippen LogP contribution in [-0.2, 0) is 4.79 Å². The van der Waals surface area contributed by atoms with Crippen LogP contribution in [0, 0.1) is 12.7 Å². The van der Waals surface area contributed by atoms with Gasteiger partial charge in [-0.05, 0) is 44.4 Å². The smallest absolute Gasteiger partial charge is 0.264 e.